The first-order chi connectivity index (χ1) is 13.7. The summed E-state index contributed by atoms with van der Waals surface area (Å²) in [5.74, 6) is 0.967. The number of anilines is 4. The summed E-state index contributed by atoms with van der Waals surface area (Å²) in [6.45, 7) is 0. The van der Waals surface area contributed by atoms with Gasteiger partial charge < -0.3 is 15.4 Å². The summed E-state index contributed by atoms with van der Waals surface area (Å²) in [6.07, 6.45) is 1.56. The molecule has 0 spiro atoms. The van der Waals surface area contributed by atoms with E-state index in [1.807, 2.05) is 0 Å². The third kappa shape index (κ3) is 6.17. The summed E-state index contributed by atoms with van der Waals surface area (Å²) in [5, 5.41) is 15.4. The van der Waals surface area contributed by atoms with Gasteiger partial charge in [-0.25, -0.2) is 4.98 Å². The summed E-state index contributed by atoms with van der Waals surface area (Å²) in [7, 11) is 0. The van der Waals surface area contributed by atoms with Crippen molar-refractivity contribution >= 4 is 81.1 Å². The van der Waals surface area contributed by atoms with Gasteiger partial charge in [0.15, 0.2) is 0 Å². The first-order valence-electron chi connectivity index (χ1n) is 7.85. The lowest BCUT2D eigenvalue weighted by Crippen LogP contribution is -2.12. The van der Waals surface area contributed by atoms with Crippen LogP contribution in [0.2, 0.25) is 10.0 Å². The van der Waals surface area contributed by atoms with E-state index in [0.29, 0.717) is 23.0 Å². The molecule has 1 aromatic heterocycles. The van der Waals surface area contributed by atoms with Gasteiger partial charge in [0.05, 0.1) is 27.4 Å². The maximum atomic E-state index is 8.86. The van der Waals surface area contributed by atoms with Crippen molar-refractivity contribution in [3.63, 3.8) is 0 Å². The van der Waals surface area contributed by atoms with Crippen LogP contribution in [0.15, 0.2) is 48.7 Å². The number of nitrogens with zero attached hydrogens (tertiary/aromatic N) is 3. The Morgan fingerprint density at radius 3 is 2.21 bits per heavy atom. The minimum atomic E-state index is -1.94. The van der Waals surface area contributed by atoms with Crippen LogP contribution in [0.5, 0.6) is 5.75 Å². The largest absolute Gasteiger partial charge is 0.445 e. The highest BCUT2D eigenvalue weighted by Gasteiger charge is 2.23. The topological polar surface area (TPSA) is 82.9 Å². The molecule has 0 aliphatic carbocycles. The van der Waals surface area contributed by atoms with E-state index < -0.39 is 3.98 Å². The maximum Gasteiger partial charge on any atom is 0.338 e. The second-order valence-corrected chi connectivity index (χ2v) is 8.51. The summed E-state index contributed by atoms with van der Waals surface area (Å²) >= 11 is 29.4. The second-order valence-electron chi connectivity index (χ2n) is 5.51. The summed E-state index contributed by atoms with van der Waals surface area (Å²) in [4.78, 5) is 8.52. The lowest BCUT2D eigenvalue weighted by molar-refractivity contribution is 0.320. The second kappa shape index (κ2) is 9.12. The van der Waals surface area contributed by atoms with Crippen molar-refractivity contribution in [3.8, 4) is 11.8 Å². The van der Waals surface area contributed by atoms with Crippen molar-refractivity contribution in [2.45, 2.75) is 3.98 Å². The molecule has 0 saturated heterocycles. The van der Waals surface area contributed by atoms with Gasteiger partial charge in [-0.3, -0.25) is 0 Å². The van der Waals surface area contributed by atoms with Gasteiger partial charge >= 0.3 is 3.98 Å². The number of hydrogen-bond donors (Lipinski definition) is 2. The third-order valence-corrected chi connectivity index (χ3v) is 4.26. The van der Waals surface area contributed by atoms with Crippen molar-refractivity contribution in [1.29, 1.82) is 5.26 Å². The number of aromatic nitrogens is 2. The van der Waals surface area contributed by atoms with Crippen LogP contribution in [0.3, 0.4) is 0 Å². The highest BCUT2D eigenvalue weighted by Crippen LogP contribution is 2.39. The molecule has 11 heteroatoms. The molecular weight excluding hydrogens is 479 g/mol. The number of alkyl halides is 3. The van der Waals surface area contributed by atoms with E-state index in [2.05, 4.69) is 26.7 Å². The Kier molecular flexibility index (Phi) is 6.78. The van der Waals surface area contributed by atoms with Crippen LogP contribution in [0.25, 0.3) is 0 Å². The molecule has 0 fully saturated rings. The van der Waals surface area contributed by atoms with E-state index in [4.69, 9.17) is 68.0 Å². The first kappa shape index (κ1) is 21.6. The van der Waals surface area contributed by atoms with Gasteiger partial charge in [-0.1, -0.05) is 23.2 Å². The third-order valence-electron chi connectivity index (χ3n) is 3.43. The number of nitrogens with one attached hydrogen (secondary N) is 2. The van der Waals surface area contributed by atoms with Crippen molar-refractivity contribution in [1.82, 2.24) is 9.97 Å². The average Bonchev–Trinajstić information content (AvgIpc) is 2.64. The van der Waals surface area contributed by atoms with Crippen LogP contribution < -0.4 is 15.4 Å². The highest BCUT2D eigenvalue weighted by molar-refractivity contribution is 6.66. The highest BCUT2D eigenvalue weighted by atomic mass is 35.6. The zero-order valence-electron chi connectivity index (χ0n) is 14.3. The number of benzene rings is 2. The molecule has 0 saturated carbocycles. The number of nitriles is 1. The van der Waals surface area contributed by atoms with Crippen LogP contribution >= 0.6 is 58.0 Å². The fourth-order valence-electron chi connectivity index (χ4n) is 2.24. The average molecular weight is 490 g/mol. The predicted molar refractivity (Wildman–Crippen MR) is 117 cm³/mol. The molecule has 29 heavy (non-hydrogen) atoms. The van der Waals surface area contributed by atoms with Crippen molar-refractivity contribution in [3.05, 3.63) is 64.3 Å². The molecule has 3 rings (SSSR count). The van der Waals surface area contributed by atoms with E-state index in [1.54, 1.807) is 36.5 Å². The van der Waals surface area contributed by atoms with Gasteiger partial charge in [0.25, 0.3) is 0 Å². The SMILES string of the molecule is N#Cc1ccc(Nc2nccc(Nc3c(Cl)cc(OC(Cl)(Cl)Cl)cc3Cl)n2)cc1. The molecule has 2 aromatic carbocycles. The van der Waals surface area contributed by atoms with E-state index in [9.17, 15) is 0 Å². The van der Waals surface area contributed by atoms with Crippen LogP contribution in [0, 0.1) is 11.3 Å². The van der Waals surface area contributed by atoms with Gasteiger partial charge in [-0.15, -0.1) is 0 Å². The van der Waals surface area contributed by atoms with Crippen LogP contribution in [-0.4, -0.2) is 13.9 Å². The molecule has 0 aliphatic heterocycles. The molecule has 0 aliphatic rings. The molecule has 0 amide bonds. The molecule has 0 radical (unpaired) electrons. The quantitative estimate of drug-likeness (QED) is 0.382. The molecule has 0 atom stereocenters. The van der Waals surface area contributed by atoms with E-state index in [1.165, 1.54) is 12.1 Å². The lowest BCUT2D eigenvalue weighted by Gasteiger charge is -2.16. The number of rotatable bonds is 5. The summed E-state index contributed by atoms with van der Waals surface area (Å²) in [5.41, 5.74) is 1.68. The molecule has 148 valence electrons. The smallest absolute Gasteiger partial charge is 0.338 e. The number of hydrogen-bond acceptors (Lipinski definition) is 6. The first-order valence-corrected chi connectivity index (χ1v) is 9.74. The Morgan fingerprint density at radius 2 is 1.62 bits per heavy atom. The Hall–Kier alpha value is -2.14. The normalized spacial score (nSPS) is 10.9. The molecule has 3 aromatic rings. The summed E-state index contributed by atoms with van der Waals surface area (Å²) < 4.78 is 3.17. The lowest BCUT2D eigenvalue weighted by atomic mass is 10.2. The van der Waals surface area contributed by atoms with E-state index >= 15 is 0 Å². The van der Waals surface area contributed by atoms with Crippen LogP contribution in [-0.2, 0) is 0 Å². The standard InChI is InChI=1S/C18H10Cl5N5O/c19-13-7-12(29-18(21,22)23)8-14(20)16(13)27-15-5-6-25-17(28-15)26-11-3-1-10(9-24)2-4-11/h1-8H,(H2,25,26,27,28). The Balaban J connectivity index is 1.78. The van der Waals surface area contributed by atoms with Gasteiger partial charge in [0.1, 0.15) is 11.6 Å². The molecular formula is C18H10Cl5N5O. The number of halogens is 5. The Labute approximate surface area is 191 Å². The predicted octanol–water partition coefficient (Wildman–Crippen LogP) is 6.85. The fraction of sp³-hybridized carbons (Fsp3) is 0.0556. The molecule has 2 N–H and O–H groups in total. The molecule has 0 bridgehead atoms. The zero-order valence-corrected chi connectivity index (χ0v) is 18.0. The fourth-order valence-corrected chi connectivity index (χ4v) is 3.06. The summed E-state index contributed by atoms with van der Waals surface area (Å²) in [6, 6.07) is 13.5. The van der Waals surface area contributed by atoms with Crippen molar-refractivity contribution in [2.75, 3.05) is 10.6 Å². The van der Waals surface area contributed by atoms with Gasteiger partial charge in [0, 0.05) is 24.0 Å². The minimum Gasteiger partial charge on any atom is -0.445 e. The van der Waals surface area contributed by atoms with E-state index in [-0.39, 0.29) is 15.8 Å². The molecule has 6 nitrogen and oxygen atoms in total. The van der Waals surface area contributed by atoms with E-state index in [0.717, 1.165) is 5.69 Å². The molecule has 1 heterocycles. The maximum absolute atomic E-state index is 8.86. The van der Waals surface area contributed by atoms with Crippen LogP contribution in [0.4, 0.5) is 23.1 Å². The van der Waals surface area contributed by atoms with Crippen molar-refractivity contribution in [2.24, 2.45) is 0 Å². The van der Waals surface area contributed by atoms with Gasteiger partial charge in [-0.05, 0) is 65.1 Å². The Bertz CT molecular complexity index is 1040. The van der Waals surface area contributed by atoms with Gasteiger partial charge in [0.2, 0.25) is 5.95 Å². The Morgan fingerprint density at radius 1 is 0.966 bits per heavy atom. The van der Waals surface area contributed by atoms with Crippen LogP contribution in [0.1, 0.15) is 5.56 Å². The zero-order chi connectivity index (χ0) is 21.0. The number of ether oxygens (including phenoxy) is 1. The minimum absolute atomic E-state index is 0.191. The van der Waals surface area contributed by atoms with Crippen molar-refractivity contribution < 1.29 is 4.74 Å². The molecule has 0 unspecified atom stereocenters. The monoisotopic (exact) mass is 487 g/mol. The van der Waals surface area contributed by atoms with Gasteiger partial charge in [-0.2, -0.15) is 10.2 Å².